The Morgan fingerprint density at radius 2 is 2.00 bits per heavy atom. The van der Waals surface area contributed by atoms with E-state index in [1.54, 1.807) is 6.07 Å². The number of nitrogens with zero attached hydrogens (tertiary/aromatic N) is 3. The van der Waals surface area contributed by atoms with E-state index in [2.05, 4.69) is 16.8 Å². The van der Waals surface area contributed by atoms with E-state index in [-0.39, 0.29) is 11.6 Å². The van der Waals surface area contributed by atoms with Crippen molar-refractivity contribution in [3.8, 4) is 5.75 Å². The van der Waals surface area contributed by atoms with Gasteiger partial charge < -0.3 is 14.7 Å². The van der Waals surface area contributed by atoms with E-state index in [9.17, 15) is 9.50 Å². The largest absolute Gasteiger partial charge is 0.494 e. The molecule has 0 aliphatic carbocycles. The number of hydrogen-bond acceptors (Lipinski definition) is 5. The Bertz CT molecular complexity index is 493. The maximum atomic E-state index is 13.7. The molecule has 130 valence electrons. The molecule has 0 bridgehead atoms. The van der Waals surface area contributed by atoms with Crippen LogP contribution in [0.3, 0.4) is 0 Å². The standard InChI is InChI=1S/C17H28FN3O2/c1-19-6-8-21(9-7-19)13-15(22)12-20(2)11-14-4-5-17(23-3)16(18)10-14/h4-5,10,15,22H,6-9,11-13H2,1-3H3. The minimum atomic E-state index is -0.397. The van der Waals surface area contributed by atoms with Crippen LogP contribution < -0.4 is 4.74 Å². The molecule has 0 radical (unpaired) electrons. The number of β-amino-alcohol motifs (C(OH)–C–C–N with tert-alkyl or cyclic N) is 1. The van der Waals surface area contributed by atoms with Crippen LogP contribution in [-0.4, -0.2) is 86.4 Å². The van der Waals surface area contributed by atoms with E-state index >= 15 is 0 Å². The molecule has 6 heteroatoms. The van der Waals surface area contributed by atoms with Crippen molar-refractivity contribution in [1.29, 1.82) is 0 Å². The van der Waals surface area contributed by atoms with Gasteiger partial charge in [0.15, 0.2) is 11.6 Å². The smallest absolute Gasteiger partial charge is 0.165 e. The van der Waals surface area contributed by atoms with Crippen LogP contribution >= 0.6 is 0 Å². The maximum absolute atomic E-state index is 13.7. The first-order chi connectivity index (χ1) is 11.0. The second-order valence-corrected chi connectivity index (χ2v) is 6.42. The Morgan fingerprint density at radius 1 is 1.30 bits per heavy atom. The normalized spacial score (nSPS) is 18.3. The number of hydrogen-bond donors (Lipinski definition) is 1. The van der Waals surface area contributed by atoms with Gasteiger partial charge in [0, 0.05) is 45.8 Å². The van der Waals surface area contributed by atoms with E-state index in [0.717, 1.165) is 31.7 Å². The van der Waals surface area contributed by atoms with Crippen molar-refractivity contribution in [2.45, 2.75) is 12.6 Å². The molecule has 23 heavy (non-hydrogen) atoms. The van der Waals surface area contributed by atoms with Crippen molar-refractivity contribution in [3.63, 3.8) is 0 Å². The van der Waals surface area contributed by atoms with E-state index < -0.39 is 6.10 Å². The molecular weight excluding hydrogens is 297 g/mol. The van der Waals surface area contributed by atoms with Crippen molar-refractivity contribution < 1.29 is 14.2 Å². The molecule has 1 heterocycles. The predicted molar refractivity (Wildman–Crippen MR) is 89.2 cm³/mol. The van der Waals surface area contributed by atoms with Gasteiger partial charge in [-0.25, -0.2) is 4.39 Å². The minimum absolute atomic E-state index is 0.256. The molecule has 0 saturated carbocycles. The van der Waals surface area contributed by atoms with Gasteiger partial charge >= 0.3 is 0 Å². The molecule has 1 unspecified atom stereocenters. The van der Waals surface area contributed by atoms with Crippen LogP contribution in [0.25, 0.3) is 0 Å². The van der Waals surface area contributed by atoms with Crippen molar-refractivity contribution >= 4 is 0 Å². The lowest BCUT2D eigenvalue weighted by molar-refractivity contribution is 0.0594. The molecule has 1 N–H and O–H groups in total. The van der Waals surface area contributed by atoms with Crippen LogP contribution in [0.5, 0.6) is 5.75 Å². The number of piperazine rings is 1. The van der Waals surface area contributed by atoms with E-state index in [1.807, 2.05) is 18.0 Å². The molecule has 1 aliphatic heterocycles. The zero-order valence-electron chi connectivity index (χ0n) is 14.3. The number of halogens is 1. The van der Waals surface area contributed by atoms with Gasteiger partial charge in [-0.1, -0.05) is 6.07 Å². The van der Waals surface area contributed by atoms with Crippen molar-refractivity contribution in [2.75, 3.05) is 60.5 Å². The number of methoxy groups -OCH3 is 1. The van der Waals surface area contributed by atoms with Crippen LogP contribution in [0.15, 0.2) is 18.2 Å². The lowest BCUT2D eigenvalue weighted by Crippen LogP contribution is -2.48. The van der Waals surface area contributed by atoms with Gasteiger partial charge in [-0.2, -0.15) is 0 Å². The monoisotopic (exact) mass is 325 g/mol. The fourth-order valence-corrected chi connectivity index (χ4v) is 2.93. The molecule has 2 rings (SSSR count). The van der Waals surface area contributed by atoms with Crippen molar-refractivity contribution in [1.82, 2.24) is 14.7 Å². The van der Waals surface area contributed by atoms with Crippen LogP contribution in [0.1, 0.15) is 5.56 Å². The van der Waals surface area contributed by atoms with E-state index in [4.69, 9.17) is 4.74 Å². The quantitative estimate of drug-likeness (QED) is 0.806. The number of benzene rings is 1. The third kappa shape index (κ3) is 5.73. The number of aliphatic hydroxyl groups excluding tert-OH is 1. The van der Waals surface area contributed by atoms with Gasteiger partial charge in [0.25, 0.3) is 0 Å². The summed E-state index contributed by atoms with van der Waals surface area (Å²) in [4.78, 5) is 6.61. The van der Waals surface area contributed by atoms with Crippen molar-refractivity contribution in [3.05, 3.63) is 29.6 Å². The summed E-state index contributed by atoms with van der Waals surface area (Å²) in [6.45, 7) is 5.96. The summed E-state index contributed by atoms with van der Waals surface area (Å²) >= 11 is 0. The molecule has 1 aromatic carbocycles. The van der Waals surface area contributed by atoms with Gasteiger partial charge in [0.1, 0.15) is 0 Å². The first-order valence-electron chi connectivity index (χ1n) is 8.08. The molecule has 0 spiro atoms. The van der Waals surface area contributed by atoms with Crippen LogP contribution in [-0.2, 0) is 6.54 Å². The van der Waals surface area contributed by atoms with Gasteiger partial charge in [0.2, 0.25) is 0 Å². The average molecular weight is 325 g/mol. The molecule has 1 fully saturated rings. The average Bonchev–Trinajstić information content (AvgIpc) is 2.49. The van der Waals surface area contributed by atoms with E-state index in [1.165, 1.54) is 13.2 Å². The van der Waals surface area contributed by atoms with Crippen LogP contribution in [0, 0.1) is 5.82 Å². The summed E-state index contributed by atoms with van der Waals surface area (Å²) in [5.74, 6) is -0.0945. The van der Waals surface area contributed by atoms with Crippen LogP contribution in [0.4, 0.5) is 4.39 Å². The summed E-state index contributed by atoms with van der Waals surface area (Å²) in [6, 6.07) is 4.98. The molecule has 1 aromatic rings. The molecule has 1 saturated heterocycles. The summed E-state index contributed by atoms with van der Waals surface area (Å²) in [5, 5.41) is 10.3. The third-order valence-corrected chi connectivity index (χ3v) is 4.26. The molecule has 1 atom stereocenters. The topological polar surface area (TPSA) is 39.2 Å². The number of likely N-dealkylation sites (N-methyl/N-ethyl adjacent to an activating group) is 2. The number of aliphatic hydroxyl groups is 1. The molecule has 0 aromatic heterocycles. The Morgan fingerprint density at radius 3 is 2.61 bits per heavy atom. The highest BCUT2D eigenvalue weighted by molar-refractivity contribution is 5.29. The van der Waals surface area contributed by atoms with Crippen molar-refractivity contribution in [2.24, 2.45) is 0 Å². The number of rotatable bonds is 7. The summed E-state index contributed by atoms with van der Waals surface area (Å²) in [7, 11) is 5.52. The fraction of sp³-hybridized carbons (Fsp3) is 0.647. The predicted octanol–water partition coefficient (Wildman–Crippen LogP) is 0.874. The highest BCUT2D eigenvalue weighted by Crippen LogP contribution is 2.18. The Hall–Kier alpha value is -1.21. The fourth-order valence-electron chi connectivity index (χ4n) is 2.93. The zero-order chi connectivity index (χ0) is 16.8. The maximum Gasteiger partial charge on any atom is 0.165 e. The molecular formula is C17H28FN3O2. The second-order valence-electron chi connectivity index (χ2n) is 6.42. The van der Waals surface area contributed by atoms with Gasteiger partial charge in [-0.3, -0.25) is 9.80 Å². The first-order valence-corrected chi connectivity index (χ1v) is 8.08. The first kappa shape index (κ1) is 18.1. The number of ether oxygens (including phenoxy) is 1. The third-order valence-electron chi connectivity index (χ3n) is 4.26. The highest BCUT2D eigenvalue weighted by Gasteiger charge is 2.18. The Balaban J connectivity index is 1.77. The molecule has 0 amide bonds. The lowest BCUT2D eigenvalue weighted by atomic mass is 10.2. The van der Waals surface area contributed by atoms with Gasteiger partial charge in [0.05, 0.1) is 13.2 Å². The molecule has 1 aliphatic rings. The highest BCUT2D eigenvalue weighted by atomic mass is 19.1. The minimum Gasteiger partial charge on any atom is -0.494 e. The summed E-state index contributed by atoms with van der Waals surface area (Å²) in [6.07, 6.45) is -0.397. The molecule has 5 nitrogen and oxygen atoms in total. The second kappa shape index (κ2) is 8.59. The Labute approximate surface area is 138 Å². The van der Waals surface area contributed by atoms with Gasteiger partial charge in [-0.05, 0) is 31.8 Å². The zero-order valence-corrected chi connectivity index (χ0v) is 14.3. The Kier molecular flexibility index (Phi) is 6.77. The van der Waals surface area contributed by atoms with E-state index in [0.29, 0.717) is 19.6 Å². The summed E-state index contributed by atoms with van der Waals surface area (Å²) in [5.41, 5.74) is 0.873. The van der Waals surface area contributed by atoms with Crippen LogP contribution in [0.2, 0.25) is 0 Å². The summed E-state index contributed by atoms with van der Waals surface area (Å²) < 4.78 is 18.6. The lowest BCUT2D eigenvalue weighted by Gasteiger charge is -2.34. The SMILES string of the molecule is COc1ccc(CN(C)CC(O)CN2CCN(C)CC2)cc1F. The van der Waals surface area contributed by atoms with Gasteiger partial charge in [-0.15, -0.1) is 0 Å².